The number of carbonyl (C=O) groups excluding carboxylic acids is 2. The SMILES string of the molecule is O=C(CC(=O)N/N=C/c1ccco1)NCc1ccccc1. The number of carbonyl (C=O) groups is 2. The summed E-state index contributed by atoms with van der Waals surface area (Å²) >= 11 is 0. The molecule has 2 rings (SSSR count). The van der Waals surface area contributed by atoms with Crippen LogP contribution in [0.15, 0.2) is 58.2 Å². The molecule has 0 aliphatic heterocycles. The molecule has 0 atom stereocenters. The zero-order chi connectivity index (χ0) is 14.9. The number of hydrogen-bond acceptors (Lipinski definition) is 4. The third-order valence-corrected chi connectivity index (χ3v) is 2.58. The summed E-state index contributed by atoms with van der Waals surface area (Å²) in [6.07, 6.45) is 2.59. The summed E-state index contributed by atoms with van der Waals surface area (Å²) < 4.78 is 5.00. The number of rotatable bonds is 6. The lowest BCUT2D eigenvalue weighted by Gasteiger charge is -2.04. The smallest absolute Gasteiger partial charge is 0.249 e. The lowest BCUT2D eigenvalue weighted by molar-refractivity contribution is -0.129. The molecule has 2 amide bonds. The molecule has 6 heteroatoms. The molecule has 0 fully saturated rings. The molecule has 0 unspecified atom stereocenters. The zero-order valence-corrected chi connectivity index (χ0v) is 11.3. The number of furan rings is 1. The number of hydrazone groups is 1. The van der Waals surface area contributed by atoms with E-state index in [-0.39, 0.29) is 12.3 Å². The second-order valence-corrected chi connectivity index (χ2v) is 4.25. The van der Waals surface area contributed by atoms with Crippen LogP contribution in [0.25, 0.3) is 0 Å². The molecule has 1 aromatic carbocycles. The molecule has 0 saturated carbocycles. The van der Waals surface area contributed by atoms with Gasteiger partial charge in [0.05, 0.1) is 12.5 Å². The Hall–Kier alpha value is -2.89. The first kappa shape index (κ1) is 14.5. The molecule has 1 heterocycles. The average Bonchev–Trinajstić information content (AvgIpc) is 2.99. The highest BCUT2D eigenvalue weighted by atomic mass is 16.3. The van der Waals surface area contributed by atoms with Crippen molar-refractivity contribution in [3.05, 3.63) is 60.1 Å². The van der Waals surface area contributed by atoms with Crippen molar-refractivity contribution >= 4 is 18.0 Å². The Morgan fingerprint density at radius 2 is 1.90 bits per heavy atom. The van der Waals surface area contributed by atoms with Crippen LogP contribution < -0.4 is 10.7 Å². The van der Waals surface area contributed by atoms with Gasteiger partial charge in [-0.3, -0.25) is 9.59 Å². The van der Waals surface area contributed by atoms with Crippen LogP contribution in [0.2, 0.25) is 0 Å². The summed E-state index contributed by atoms with van der Waals surface area (Å²) in [6, 6.07) is 12.9. The lowest BCUT2D eigenvalue weighted by atomic mass is 10.2. The standard InChI is InChI=1S/C15H15N3O3/c19-14(16-10-12-5-2-1-3-6-12)9-15(20)18-17-11-13-7-4-8-21-13/h1-8,11H,9-10H2,(H,16,19)(H,18,20)/b17-11+. The Balaban J connectivity index is 1.68. The summed E-state index contributed by atoms with van der Waals surface area (Å²) in [6.45, 7) is 0.391. The maximum atomic E-state index is 11.6. The molecule has 2 aromatic rings. The van der Waals surface area contributed by atoms with E-state index in [1.165, 1.54) is 12.5 Å². The van der Waals surface area contributed by atoms with E-state index in [1.807, 2.05) is 30.3 Å². The van der Waals surface area contributed by atoms with Gasteiger partial charge >= 0.3 is 0 Å². The Kier molecular flexibility index (Phi) is 5.28. The van der Waals surface area contributed by atoms with E-state index in [1.54, 1.807) is 12.1 Å². The van der Waals surface area contributed by atoms with Crippen molar-refractivity contribution < 1.29 is 14.0 Å². The minimum absolute atomic E-state index is 0.275. The van der Waals surface area contributed by atoms with Crippen molar-refractivity contribution in [2.75, 3.05) is 0 Å². The third kappa shape index (κ3) is 5.32. The number of amides is 2. The molecule has 0 radical (unpaired) electrons. The molecule has 0 bridgehead atoms. The van der Waals surface area contributed by atoms with Crippen molar-refractivity contribution in [2.24, 2.45) is 5.10 Å². The highest BCUT2D eigenvalue weighted by Crippen LogP contribution is 1.97. The molecule has 0 aliphatic carbocycles. The van der Waals surface area contributed by atoms with Crippen LogP contribution in [0.4, 0.5) is 0 Å². The van der Waals surface area contributed by atoms with Crippen LogP contribution in [0.3, 0.4) is 0 Å². The minimum atomic E-state index is -0.483. The molecule has 0 aliphatic rings. The molecule has 21 heavy (non-hydrogen) atoms. The fourth-order valence-electron chi connectivity index (χ4n) is 1.58. The Morgan fingerprint density at radius 1 is 1.10 bits per heavy atom. The largest absolute Gasteiger partial charge is 0.463 e. The van der Waals surface area contributed by atoms with Gasteiger partial charge in [-0.05, 0) is 17.7 Å². The normalized spacial score (nSPS) is 10.5. The number of hydrogen-bond donors (Lipinski definition) is 2. The first-order valence-electron chi connectivity index (χ1n) is 6.40. The van der Waals surface area contributed by atoms with E-state index in [4.69, 9.17) is 4.42 Å². The minimum Gasteiger partial charge on any atom is -0.463 e. The van der Waals surface area contributed by atoms with Gasteiger partial charge in [-0.15, -0.1) is 0 Å². The van der Waals surface area contributed by atoms with Gasteiger partial charge in [0.2, 0.25) is 11.8 Å². The van der Waals surface area contributed by atoms with Crippen LogP contribution >= 0.6 is 0 Å². The van der Waals surface area contributed by atoms with Gasteiger partial charge in [-0.25, -0.2) is 5.43 Å². The van der Waals surface area contributed by atoms with Crippen LogP contribution in [-0.4, -0.2) is 18.0 Å². The highest BCUT2D eigenvalue weighted by molar-refractivity contribution is 5.97. The second-order valence-electron chi connectivity index (χ2n) is 4.25. The first-order chi connectivity index (χ1) is 10.2. The van der Waals surface area contributed by atoms with E-state index in [2.05, 4.69) is 15.8 Å². The summed E-state index contributed by atoms with van der Waals surface area (Å²) in [5.74, 6) is -0.322. The zero-order valence-electron chi connectivity index (χ0n) is 11.3. The second kappa shape index (κ2) is 7.64. The van der Waals surface area contributed by atoms with Crippen molar-refractivity contribution in [1.82, 2.24) is 10.7 Å². The Bertz CT molecular complexity index is 606. The van der Waals surface area contributed by atoms with Gasteiger partial charge in [0.1, 0.15) is 12.2 Å². The van der Waals surface area contributed by atoms with Crippen molar-refractivity contribution in [2.45, 2.75) is 13.0 Å². The van der Waals surface area contributed by atoms with Crippen molar-refractivity contribution in [3.8, 4) is 0 Å². The van der Waals surface area contributed by atoms with Crippen molar-refractivity contribution in [3.63, 3.8) is 0 Å². The highest BCUT2D eigenvalue weighted by Gasteiger charge is 2.08. The van der Waals surface area contributed by atoms with Crippen LogP contribution in [0.1, 0.15) is 17.7 Å². The van der Waals surface area contributed by atoms with Gasteiger partial charge < -0.3 is 9.73 Å². The van der Waals surface area contributed by atoms with Crippen LogP contribution in [0.5, 0.6) is 0 Å². The molecule has 108 valence electrons. The molecular weight excluding hydrogens is 270 g/mol. The molecule has 2 N–H and O–H groups in total. The van der Waals surface area contributed by atoms with Gasteiger partial charge in [-0.2, -0.15) is 5.10 Å². The van der Waals surface area contributed by atoms with Gasteiger partial charge in [-0.1, -0.05) is 30.3 Å². The monoisotopic (exact) mass is 285 g/mol. The summed E-state index contributed by atoms with van der Waals surface area (Å²) in [5, 5.41) is 6.35. The van der Waals surface area contributed by atoms with Crippen LogP contribution in [-0.2, 0) is 16.1 Å². The molecular formula is C15H15N3O3. The van der Waals surface area contributed by atoms with Crippen molar-refractivity contribution in [1.29, 1.82) is 0 Å². The van der Waals surface area contributed by atoms with E-state index in [0.29, 0.717) is 12.3 Å². The predicted molar refractivity (Wildman–Crippen MR) is 77.4 cm³/mol. The Labute approximate surface area is 121 Å². The lowest BCUT2D eigenvalue weighted by Crippen LogP contribution is -2.29. The van der Waals surface area contributed by atoms with E-state index < -0.39 is 5.91 Å². The van der Waals surface area contributed by atoms with Gasteiger partial charge in [0.15, 0.2) is 0 Å². The third-order valence-electron chi connectivity index (χ3n) is 2.58. The van der Waals surface area contributed by atoms with Crippen LogP contribution in [0, 0.1) is 0 Å². The summed E-state index contributed by atoms with van der Waals surface area (Å²) in [4.78, 5) is 23.1. The number of benzene rings is 1. The van der Waals surface area contributed by atoms with E-state index in [0.717, 1.165) is 5.56 Å². The topological polar surface area (TPSA) is 83.7 Å². The molecule has 6 nitrogen and oxygen atoms in total. The van der Waals surface area contributed by atoms with Gasteiger partial charge in [0.25, 0.3) is 0 Å². The quantitative estimate of drug-likeness (QED) is 0.478. The molecule has 0 saturated heterocycles. The van der Waals surface area contributed by atoms with E-state index >= 15 is 0 Å². The Morgan fingerprint density at radius 3 is 2.62 bits per heavy atom. The predicted octanol–water partition coefficient (Wildman–Crippen LogP) is 1.44. The fourth-order valence-corrected chi connectivity index (χ4v) is 1.58. The average molecular weight is 285 g/mol. The fraction of sp³-hybridized carbons (Fsp3) is 0.133. The van der Waals surface area contributed by atoms with Gasteiger partial charge in [0, 0.05) is 6.54 Å². The number of nitrogens with one attached hydrogen (secondary N) is 2. The molecule has 1 aromatic heterocycles. The van der Waals surface area contributed by atoms with E-state index in [9.17, 15) is 9.59 Å². The summed E-state index contributed by atoms with van der Waals surface area (Å²) in [7, 11) is 0. The number of nitrogens with zero attached hydrogens (tertiary/aromatic N) is 1. The maximum Gasteiger partial charge on any atom is 0.249 e. The maximum absolute atomic E-state index is 11.6. The first-order valence-corrected chi connectivity index (χ1v) is 6.40. The molecule has 0 spiro atoms. The summed E-state index contributed by atoms with van der Waals surface area (Å²) in [5.41, 5.74) is 3.23.